The van der Waals surface area contributed by atoms with E-state index in [1.165, 1.54) is 19.3 Å². The molecule has 0 radical (unpaired) electrons. The van der Waals surface area contributed by atoms with E-state index in [9.17, 15) is 4.79 Å². The van der Waals surface area contributed by atoms with Crippen molar-refractivity contribution in [3.63, 3.8) is 0 Å². The van der Waals surface area contributed by atoms with Crippen LogP contribution in [0.2, 0.25) is 0 Å². The van der Waals surface area contributed by atoms with E-state index < -0.39 is 6.04 Å². The van der Waals surface area contributed by atoms with Crippen molar-refractivity contribution in [2.24, 2.45) is 11.7 Å². The van der Waals surface area contributed by atoms with Gasteiger partial charge >= 0.3 is 0 Å². The predicted octanol–water partition coefficient (Wildman–Crippen LogP) is 2.12. The molecule has 1 fully saturated rings. The minimum absolute atomic E-state index is 0. The molecule has 1 aromatic heterocycles. The van der Waals surface area contributed by atoms with E-state index in [0.717, 1.165) is 50.5 Å². The molecule has 0 aromatic carbocycles. The molecule has 1 aromatic rings. The van der Waals surface area contributed by atoms with E-state index in [1.807, 2.05) is 18.7 Å². The summed E-state index contributed by atoms with van der Waals surface area (Å²) in [5.41, 5.74) is 6.06. The molecule has 0 aliphatic carbocycles. The first-order valence-electron chi connectivity index (χ1n) is 9.04. The van der Waals surface area contributed by atoms with Crippen molar-refractivity contribution >= 4 is 18.3 Å². The third-order valence-electron chi connectivity index (χ3n) is 5.24. The number of aromatic nitrogens is 3. The van der Waals surface area contributed by atoms with Gasteiger partial charge in [0.25, 0.3) is 0 Å². The van der Waals surface area contributed by atoms with Gasteiger partial charge in [-0.15, -0.1) is 22.6 Å². The third-order valence-corrected chi connectivity index (χ3v) is 5.24. The maximum atomic E-state index is 12.6. The van der Waals surface area contributed by atoms with E-state index in [-0.39, 0.29) is 24.2 Å². The van der Waals surface area contributed by atoms with Gasteiger partial charge in [-0.1, -0.05) is 20.3 Å². The van der Waals surface area contributed by atoms with Gasteiger partial charge in [0, 0.05) is 32.0 Å². The molecule has 1 unspecified atom stereocenters. The van der Waals surface area contributed by atoms with Crippen molar-refractivity contribution < 1.29 is 4.79 Å². The summed E-state index contributed by atoms with van der Waals surface area (Å²) in [5.74, 6) is 2.76. The summed E-state index contributed by atoms with van der Waals surface area (Å²) in [6, 6.07) is -0.399. The third kappa shape index (κ3) is 3.91. The summed E-state index contributed by atoms with van der Waals surface area (Å²) in [5, 5.41) is 8.89. The topological polar surface area (TPSA) is 77.0 Å². The molecule has 2 aliphatic heterocycles. The van der Waals surface area contributed by atoms with Gasteiger partial charge < -0.3 is 15.2 Å². The maximum absolute atomic E-state index is 12.6. The highest BCUT2D eigenvalue weighted by molar-refractivity contribution is 5.85. The van der Waals surface area contributed by atoms with Crippen molar-refractivity contribution in [1.82, 2.24) is 19.7 Å². The quantitative estimate of drug-likeness (QED) is 0.900. The van der Waals surface area contributed by atoms with Crippen molar-refractivity contribution in [3.8, 4) is 0 Å². The summed E-state index contributed by atoms with van der Waals surface area (Å²) in [4.78, 5) is 14.5. The summed E-state index contributed by atoms with van der Waals surface area (Å²) in [7, 11) is 0. The number of likely N-dealkylation sites (tertiary alicyclic amines) is 1. The van der Waals surface area contributed by atoms with E-state index in [0.29, 0.717) is 5.92 Å². The molecule has 2 N–H and O–H groups in total. The van der Waals surface area contributed by atoms with Gasteiger partial charge in [-0.2, -0.15) is 0 Å². The van der Waals surface area contributed by atoms with Crippen LogP contribution in [-0.2, 0) is 17.8 Å². The van der Waals surface area contributed by atoms with E-state index >= 15 is 0 Å². The number of rotatable bonds is 3. The average Bonchev–Trinajstić information content (AvgIpc) is 2.82. The highest BCUT2D eigenvalue weighted by Crippen LogP contribution is 2.28. The number of fused-ring (bicyclic) bond motifs is 1. The first kappa shape index (κ1) is 19.2. The smallest absolute Gasteiger partial charge is 0.239 e. The molecule has 24 heavy (non-hydrogen) atoms. The molecule has 0 spiro atoms. The van der Waals surface area contributed by atoms with Gasteiger partial charge in [0.2, 0.25) is 5.91 Å². The Morgan fingerprint density at radius 3 is 2.71 bits per heavy atom. The zero-order valence-electron chi connectivity index (χ0n) is 14.8. The number of halogens is 1. The lowest BCUT2D eigenvalue weighted by Gasteiger charge is -2.34. The molecule has 0 bridgehead atoms. The number of amides is 1. The van der Waals surface area contributed by atoms with Crippen molar-refractivity contribution in [3.05, 3.63) is 11.6 Å². The monoisotopic (exact) mass is 355 g/mol. The van der Waals surface area contributed by atoms with Crippen LogP contribution in [0, 0.1) is 5.92 Å². The minimum atomic E-state index is -0.399. The summed E-state index contributed by atoms with van der Waals surface area (Å²) in [6.45, 7) is 6.58. The molecule has 2 aliphatic rings. The molecule has 3 rings (SSSR count). The SMILES string of the molecule is CC(C)[C@H](N)C(=O)N1CCCC(c2nnc3n2CCCCC3)C1.Cl. The van der Waals surface area contributed by atoms with E-state index in [4.69, 9.17) is 5.73 Å². The molecule has 2 atom stereocenters. The predicted molar refractivity (Wildman–Crippen MR) is 96.2 cm³/mol. The van der Waals surface area contributed by atoms with Crippen molar-refractivity contribution in [2.75, 3.05) is 13.1 Å². The highest BCUT2D eigenvalue weighted by atomic mass is 35.5. The number of hydrogen-bond donors (Lipinski definition) is 1. The van der Waals surface area contributed by atoms with Crippen LogP contribution in [0.5, 0.6) is 0 Å². The zero-order chi connectivity index (χ0) is 16.4. The lowest BCUT2D eigenvalue weighted by molar-refractivity contribution is -0.134. The van der Waals surface area contributed by atoms with E-state index in [1.54, 1.807) is 0 Å². The van der Waals surface area contributed by atoms with Crippen LogP contribution in [0.4, 0.5) is 0 Å². The number of aryl methyl sites for hydroxylation is 1. The average molecular weight is 356 g/mol. The normalized spacial score (nSPS) is 22.5. The van der Waals surface area contributed by atoms with E-state index in [2.05, 4.69) is 14.8 Å². The largest absolute Gasteiger partial charge is 0.341 e. The molecule has 136 valence electrons. The molecule has 1 saturated heterocycles. The van der Waals surface area contributed by atoms with Gasteiger partial charge in [0.15, 0.2) is 0 Å². The molecular weight excluding hydrogens is 326 g/mol. The van der Waals surface area contributed by atoms with Gasteiger partial charge in [-0.05, 0) is 31.6 Å². The van der Waals surface area contributed by atoms with Crippen LogP contribution in [0.3, 0.4) is 0 Å². The minimum Gasteiger partial charge on any atom is -0.341 e. The molecule has 1 amide bonds. The molecule has 3 heterocycles. The van der Waals surface area contributed by atoms with Gasteiger partial charge in [0.1, 0.15) is 11.6 Å². The van der Waals surface area contributed by atoms with Crippen molar-refractivity contribution in [1.29, 1.82) is 0 Å². The van der Waals surface area contributed by atoms with Crippen LogP contribution in [0.1, 0.15) is 63.5 Å². The fraction of sp³-hybridized carbons (Fsp3) is 0.824. The maximum Gasteiger partial charge on any atom is 0.239 e. The number of nitrogens with two attached hydrogens (primary N) is 1. The number of piperidine rings is 1. The number of nitrogens with zero attached hydrogens (tertiary/aromatic N) is 4. The Bertz CT molecular complexity index is 559. The molecule has 7 heteroatoms. The summed E-state index contributed by atoms with van der Waals surface area (Å²) < 4.78 is 2.31. The standard InChI is InChI=1S/C17H29N5O.ClH/c1-12(2)15(18)17(23)21-9-6-7-13(11-21)16-20-19-14-8-4-3-5-10-22(14)16;/h12-13,15H,3-11,18H2,1-2H3;1H/t13?,15-;/m0./s1. The molecule has 6 nitrogen and oxygen atoms in total. The first-order chi connectivity index (χ1) is 11.1. The summed E-state index contributed by atoms with van der Waals surface area (Å²) in [6.07, 6.45) is 6.80. The van der Waals surface area contributed by atoms with Gasteiger partial charge in [0.05, 0.1) is 6.04 Å². The first-order valence-corrected chi connectivity index (χ1v) is 9.04. The van der Waals surface area contributed by atoms with Gasteiger partial charge in [-0.25, -0.2) is 0 Å². The second-order valence-corrected chi connectivity index (χ2v) is 7.33. The number of carbonyl (C=O) groups excluding carboxylic acids is 1. The fourth-order valence-electron chi connectivity index (χ4n) is 3.69. The zero-order valence-corrected chi connectivity index (χ0v) is 15.6. The van der Waals surface area contributed by atoms with Crippen LogP contribution >= 0.6 is 12.4 Å². The Morgan fingerprint density at radius 1 is 1.17 bits per heavy atom. The Hall–Kier alpha value is -1.14. The second-order valence-electron chi connectivity index (χ2n) is 7.33. The Kier molecular flexibility index (Phi) is 6.63. The molecular formula is C17H30ClN5O. The lowest BCUT2D eigenvalue weighted by atomic mass is 9.95. The van der Waals surface area contributed by atoms with Crippen LogP contribution in [0.25, 0.3) is 0 Å². The molecule has 0 saturated carbocycles. The Morgan fingerprint density at radius 2 is 1.96 bits per heavy atom. The highest BCUT2D eigenvalue weighted by Gasteiger charge is 2.32. The van der Waals surface area contributed by atoms with Gasteiger partial charge in [-0.3, -0.25) is 4.79 Å². The Balaban J connectivity index is 0.00000208. The van der Waals surface area contributed by atoms with Crippen LogP contribution in [0.15, 0.2) is 0 Å². The van der Waals surface area contributed by atoms with Crippen LogP contribution < -0.4 is 5.73 Å². The lowest BCUT2D eigenvalue weighted by Crippen LogP contribution is -2.49. The fourth-order valence-corrected chi connectivity index (χ4v) is 3.69. The summed E-state index contributed by atoms with van der Waals surface area (Å²) >= 11 is 0. The van der Waals surface area contributed by atoms with Crippen LogP contribution in [-0.4, -0.2) is 44.7 Å². The number of carbonyl (C=O) groups is 1. The van der Waals surface area contributed by atoms with Crippen molar-refractivity contribution in [2.45, 2.75) is 70.9 Å². The second kappa shape index (κ2) is 8.30. The number of hydrogen-bond acceptors (Lipinski definition) is 4. The Labute approximate surface area is 150 Å².